The molecular weight excluding hydrogens is 268 g/mol. The number of nitro groups is 1. The first-order valence-electron chi connectivity index (χ1n) is 7.12. The standard InChI is InChI=1S/C16H18N2O3/c1-10-3-5-14(15(7-10)18(19)20)17-9-12-4-6-16(21-12)13-8-11(13)2/h3-7,11,13,17H,8-9H2,1-2H3. The Morgan fingerprint density at radius 3 is 2.81 bits per heavy atom. The summed E-state index contributed by atoms with van der Waals surface area (Å²) < 4.78 is 5.79. The van der Waals surface area contributed by atoms with Crippen LogP contribution in [0, 0.1) is 23.0 Å². The van der Waals surface area contributed by atoms with E-state index in [9.17, 15) is 10.1 Å². The maximum Gasteiger partial charge on any atom is 0.292 e. The van der Waals surface area contributed by atoms with E-state index in [0.29, 0.717) is 24.1 Å². The predicted octanol–water partition coefficient (Wildman–Crippen LogP) is 4.23. The minimum atomic E-state index is -0.366. The molecule has 0 aliphatic heterocycles. The Morgan fingerprint density at radius 2 is 2.14 bits per heavy atom. The summed E-state index contributed by atoms with van der Waals surface area (Å²) in [4.78, 5) is 10.7. The molecule has 2 unspecified atom stereocenters. The number of nitro benzene ring substituents is 1. The van der Waals surface area contributed by atoms with E-state index in [4.69, 9.17) is 4.42 Å². The van der Waals surface area contributed by atoms with Crippen LogP contribution >= 0.6 is 0 Å². The Bertz CT molecular complexity index is 678. The molecule has 21 heavy (non-hydrogen) atoms. The normalized spacial score (nSPS) is 20.3. The Balaban J connectivity index is 1.70. The summed E-state index contributed by atoms with van der Waals surface area (Å²) in [6.07, 6.45) is 1.18. The van der Waals surface area contributed by atoms with Crippen LogP contribution < -0.4 is 5.32 Å². The molecule has 1 N–H and O–H groups in total. The molecule has 1 aliphatic rings. The molecule has 1 heterocycles. The summed E-state index contributed by atoms with van der Waals surface area (Å²) in [6, 6.07) is 9.11. The van der Waals surface area contributed by atoms with Crippen molar-refractivity contribution in [3.05, 3.63) is 57.5 Å². The molecule has 2 aromatic rings. The van der Waals surface area contributed by atoms with Crippen molar-refractivity contribution in [2.24, 2.45) is 5.92 Å². The van der Waals surface area contributed by atoms with E-state index in [1.54, 1.807) is 12.1 Å². The second-order valence-corrected chi connectivity index (χ2v) is 5.75. The van der Waals surface area contributed by atoms with E-state index >= 15 is 0 Å². The molecule has 0 saturated heterocycles. The number of benzene rings is 1. The van der Waals surface area contributed by atoms with E-state index in [1.165, 1.54) is 6.42 Å². The number of hydrogen-bond acceptors (Lipinski definition) is 4. The minimum Gasteiger partial charge on any atom is -0.464 e. The first-order valence-corrected chi connectivity index (χ1v) is 7.12. The summed E-state index contributed by atoms with van der Waals surface area (Å²) in [5.74, 6) is 3.08. The van der Waals surface area contributed by atoms with Gasteiger partial charge in [-0.15, -0.1) is 0 Å². The third-order valence-electron chi connectivity index (χ3n) is 3.96. The fraction of sp³-hybridized carbons (Fsp3) is 0.375. The number of nitrogens with one attached hydrogen (secondary N) is 1. The molecule has 1 aromatic heterocycles. The van der Waals surface area contributed by atoms with Gasteiger partial charge in [0.05, 0.1) is 11.5 Å². The Labute approximate surface area is 123 Å². The van der Waals surface area contributed by atoms with Gasteiger partial charge in [0.25, 0.3) is 5.69 Å². The molecule has 1 aromatic carbocycles. The second kappa shape index (κ2) is 5.24. The van der Waals surface area contributed by atoms with Gasteiger partial charge >= 0.3 is 0 Å². The maximum absolute atomic E-state index is 11.1. The second-order valence-electron chi connectivity index (χ2n) is 5.75. The van der Waals surface area contributed by atoms with Crippen molar-refractivity contribution >= 4 is 11.4 Å². The van der Waals surface area contributed by atoms with E-state index in [1.807, 2.05) is 25.1 Å². The number of nitrogens with zero attached hydrogens (tertiary/aromatic N) is 1. The lowest BCUT2D eigenvalue weighted by atomic mass is 10.2. The van der Waals surface area contributed by atoms with Crippen LogP contribution in [0.15, 0.2) is 34.7 Å². The van der Waals surface area contributed by atoms with Crippen molar-refractivity contribution in [3.63, 3.8) is 0 Å². The van der Waals surface area contributed by atoms with Crippen molar-refractivity contribution in [2.45, 2.75) is 32.7 Å². The zero-order valence-corrected chi connectivity index (χ0v) is 12.1. The molecule has 3 rings (SSSR count). The first kappa shape index (κ1) is 13.7. The van der Waals surface area contributed by atoms with Crippen LogP contribution in [0.5, 0.6) is 0 Å². The van der Waals surface area contributed by atoms with Gasteiger partial charge in [0.1, 0.15) is 17.2 Å². The smallest absolute Gasteiger partial charge is 0.292 e. The molecule has 0 radical (unpaired) electrons. The third kappa shape index (κ3) is 2.91. The largest absolute Gasteiger partial charge is 0.464 e. The van der Waals surface area contributed by atoms with E-state index in [0.717, 1.165) is 17.1 Å². The van der Waals surface area contributed by atoms with Gasteiger partial charge in [0.15, 0.2) is 0 Å². The molecule has 2 atom stereocenters. The topological polar surface area (TPSA) is 68.3 Å². The fourth-order valence-corrected chi connectivity index (χ4v) is 2.53. The average molecular weight is 286 g/mol. The van der Waals surface area contributed by atoms with Crippen LogP contribution in [-0.2, 0) is 6.54 Å². The van der Waals surface area contributed by atoms with Gasteiger partial charge in [-0.05, 0) is 43.0 Å². The molecule has 0 spiro atoms. The fourth-order valence-electron chi connectivity index (χ4n) is 2.53. The Hall–Kier alpha value is -2.30. The van der Waals surface area contributed by atoms with Crippen molar-refractivity contribution in [1.82, 2.24) is 0 Å². The lowest BCUT2D eigenvalue weighted by molar-refractivity contribution is -0.384. The number of rotatable bonds is 5. The maximum atomic E-state index is 11.1. The average Bonchev–Trinajstić information content (AvgIpc) is 3.00. The van der Waals surface area contributed by atoms with Gasteiger partial charge in [-0.25, -0.2) is 0 Å². The summed E-state index contributed by atoms with van der Waals surface area (Å²) in [7, 11) is 0. The highest BCUT2D eigenvalue weighted by atomic mass is 16.6. The number of hydrogen-bond donors (Lipinski definition) is 1. The van der Waals surface area contributed by atoms with Crippen LogP contribution in [0.4, 0.5) is 11.4 Å². The van der Waals surface area contributed by atoms with Gasteiger partial charge in [-0.1, -0.05) is 13.0 Å². The molecule has 1 saturated carbocycles. The summed E-state index contributed by atoms with van der Waals surface area (Å²) in [5.41, 5.74) is 1.48. The highest BCUT2D eigenvalue weighted by molar-refractivity contribution is 5.62. The lowest BCUT2D eigenvalue weighted by Gasteiger charge is -2.06. The molecule has 5 heteroatoms. The van der Waals surface area contributed by atoms with Gasteiger partial charge in [-0.3, -0.25) is 10.1 Å². The third-order valence-corrected chi connectivity index (χ3v) is 3.96. The van der Waals surface area contributed by atoms with Crippen LogP contribution in [-0.4, -0.2) is 4.92 Å². The highest BCUT2D eigenvalue weighted by Crippen LogP contribution is 2.47. The van der Waals surface area contributed by atoms with Crippen molar-refractivity contribution in [3.8, 4) is 0 Å². The summed E-state index contributed by atoms with van der Waals surface area (Å²) in [5, 5.41) is 14.2. The number of aryl methyl sites for hydroxylation is 1. The van der Waals surface area contributed by atoms with Crippen LogP contribution in [0.1, 0.15) is 36.3 Å². The summed E-state index contributed by atoms with van der Waals surface area (Å²) >= 11 is 0. The van der Waals surface area contributed by atoms with Crippen molar-refractivity contribution < 1.29 is 9.34 Å². The molecule has 110 valence electrons. The quantitative estimate of drug-likeness (QED) is 0.659. The van der Waals surface area contributed by atoms with E-state index in [-0.39, 0.29) is 10.6 Å². The Kier molecular flexibility index (Phi) is 3.41. The zero-order chi connectivity index (χ0) is 15.0. The number of anilines is 1. The van der Waals surface area contributed by atoms with E-state index in [2.05, 4.69) is 12.2 Å². The predicted molar refractivity (Wildman–Crippen MR) is 80.4 cm³/mol. The zero-order valence-electron chi connectivity index (χ0n) is 12.1. The van der Waals surface area contributed by atoms with Gasteiger partial charge < -0.3 is 9.73 Å². The lowest BCUT2D eigenvalue weighted by Crippen LogP contribution is -2.02. The minimum absolute atomic E-state index is 0.0950. The highest BCUT2D eigenvalue weighted by Gasteiger charge is 2.36. The van der Waals surface area contributed by atoms with E-state index < -0.39 is 0 Å². The Morgan fingerprint density at radius 1 is 1.38 bits per heavy atom. The molecule has 0 bridgehead atoms. The van der Waals surface area contributed by atoms with Gasteiger partial charge in [-0.2, -0.15) is 0 Å². The molecule has 1 fully saturated rings. The first-order chi connectivity index (χ1) is 10.0. The molecule has 0 amide bonds. The molecule has 1 aliphatic carbocycles. The monoisotopic (exact) mass is 286 g/mol. The van der Waals surface area contributed by atoms with Crippen molar-refractivity contribution in [2.75, 3.05) is 5.32 Å². The van der Waals surface area contributed by atoms with Crippen LogP contribution in [0.25, 0.3) is 0 Å². The van der Waals surface area contributed by atoms with Gasteiger partial charge in [0.2, 0.25) is 0 Å². The molecule has 5 nitrogen and oxygen atoms in total. The van der Waals surface area contributed by atoms with Gasteiger partial charge in [0, 0.05) is 12.0 Å². The van der Waals surface area contributed by atoms with Crippen LogP contribution in [0.2, 0.25) is 0 Å². The molecular formula is C16H18N2O3. The number of furan rings is 1. The SMILES string of the molecule is Cc1ccc(NCc2ccc(C3CC3C)o2)c([N+](=O)[O-])c1. The van der Waals surface area contributed by atoms with Crippen LogP contribution in [0.3, 0.4) is 0 Å². The summed E-state index contributed by atoms with van der Waals surface area (Å²) in [6.45, 7) is 4.50. The van der Waals surface area contributed by atoms with Crippen molar-refractivity contribution in [1.29, 1.82) is 0 Å².